The zero-order valence-corrected chi connectivity index (χ0v) is 14.1. The molecule has 1 atom stereocenters. The summed E-state index contributed by atoms with van der Waals surface area (Å²) in [5.41, 5.74) is 0.424. The summed E-state index contributed by atoms with van der Waals surface area (Å²) in [6.07, 6.45) is -0.177. The Morgan fingerprint density at radius 2 is 2.22 bits per heavy atom. The van der Waals surface area contributed by atoms with Crippen LogP contribution in [-0.4, -0.2) is 55.9 Å². The number of morpholine rings is 1. The van der Waals surface area contributed by atoms with Gasteiger partial charge >= 0.3 is 0 Å². The van der Waals surface area contributed by atoms with Crippen LogP contribution in [0.25, 0.3) is 0 Å². The molecule has 1 aromatic carbocycles. The van der Waals surface area contributed by atoms with Crippen LogP contribution in [0.3, 0.4) is 0 Å². The Labute approximate surface area is 136 Å². The number of hydrogen-bond acceptors (Lipinski definition) is 4. The maximum atomic E-state index is 13.7. The average Bonchev–Trinajstić information content (AvgIpc) is 2.46. The molecule has 0 spiro atoms. The molecule has 0 bridgehead atoms. The van der Waals surface area contributed by atoms with Gasteiger partial charge in [0.25, 0.3) is 5.91 Å². The second-order valence-corrected chi connectivity index (χ2v) is 6.45. The number of rotatable bonds is 5. The Balaban J connectivity index is 1.97. The normalized spacial score (nSPS) is 20.4. The lowest BCUT2D eigenvalue weighted by atomic mass is 10.1. The maximum Gasteiger partial charge on any atom is 0.260 e. The van der Waals surface area contributed by atoms with E-state index in [1.807, 2.05) is 20.8 Å². The van der Waals surface area contributed by atoms with Gasteiger partial charge in [-0.25, -0.2) is 4.39 Å². The van der Waals surface area contributed by atoms with Crippen molar-refractivity contribution in [3.63, 3.8) is 0 Å². The third-order valence-electron chi connectivity index (χ3n) is 3.62. The smallest absolute Gasteiger partial charge is 0.260 e. The molecule has 1 aromatic rings. The summed E-state index contributed by atoms with van der Waals surface area (Å²) >= 11 is 0. The lowest BCUT2D eigenvalue weighted by molar-refractivity contribution is -0.170. The van der Waals surface area contributed by atoms with E-state index in [2.05, 4.69) is 0 Å². The van der Waals surface area contributed by atoms with Crippen LogP contribution in [0.5, 0.6) is 5.75 Å². The molecule has 5 nitrogen and oxygen atoms in total. The van der Waals surface area contributed by atoms with E-state index in [-0.39, 0.29) is 24.4 Å². The number of carbonyl (C=O) groups is 1. The van der Waals surface area contributed by atoms with Gasteiger partial charge in [-0.3, -0.25) is 4.79 Å². The Hall–Kier alpha value is -1.66. The number of hydrogen-bond donors (Lipinski definition) is 0. The molecule has 2 rings (SSSR count). The standard InChI is InChI=1S/C17H24FNO4/c1-12-5-6-14(18)15(7-12)22-10-16(20)19-8-13(9-21-4)23-17(2,3)11-19/h5-7,13H,8-11H2,1-4H3. The molecule has 1 heterocycles. The van der Waals surface area contributed by atoms with E-state index < -0.39 is 11.4 Å². The highest BCUT2D eigenvalue weighted by molar-refractivity contribution is 5.78. The molecule has 1 amide bonds. The van der Waals surface area contributed by atoms with Crippen LogP contribution in [0.4, 0.5) is 4.39 Å². The molecule has 0 radical (unpaired) electrons. The molecule has 1 unspecified atom stereocenters. The van der Waals surface area contributed by atoms with Gasteiger partial charge in [-0.15, -0.1) is 0 Å². The van der Waals surface area contributed by atoms with E-state index in [0.717, 1.165) is 5.56 Å². The first kappa shape index (κ1) is 17.7. The first-order chi connectivity index (χ1) is 10.8. The van der Waals surface area contributed by atoms with Crippen molar-refractivity contribution in [2.75, 3.05) is 33.4 Å². The first-order valence-electron chi connectivity index (χ1n) is 7.64. The van der Waals surface area contributed by atoms with Gasteiger partial charge in [0.15, 0.2) is 18.2 Å². The maximum absolute atomic E-state index is 13.7. The van der Waals surface area contributed by atoms with Crippen LogP contribution < -0.4 is 4.74 Å². The van der Waals surface area contributed by atoms with E-state index >= 15 is 0 Å². The number of aryl methyl sites for hydroxylation is 1. The third-order valence-corrected chi connectivity index (χ3v) is 3.62. The van der Waals surface area contributed by atoms with Crippen molar-refractivity contribution in [3.8, 4) is 5.75 Å². The van der Waals surface area contributed by atoms with Crippen LogP contribution in [0.1, 0.15) is 19.4 Å². The van der Waals surface area contributed by atoms with Crippen molar-refractivity contribution in [2.45, 2.75) is 32.5 Å². The first-order valence-corrected chi connectivity index (χ1v) is 7.64. The van der Waals surface area contributed by atoms with Crippen molar-refractivity contribution < 1.29 is 23.4 Å². The van der Waals surface area contributed by atoms with Crippen molar-refractivity contribution in [1.82, 2.24) is 4.90 Å². The quantitative estimate of drug-likeness (QED) is 0.832. The van der Waals surface area contributed by atoms with E-state index in [9.17, 15) is 9.18 Å². The number of benzene rings is 1. The fourth-order valence-corrected chi connectivity index (χ4v) is 2.71. The Morgan fingerprint density at radius 3 is 2.91 bits per heavy atom. The molecular formula is C17H24FNO4. The van der Waals surface area contributed by atoms with Crippen LogP contribution in [-0.2, 0) is 14.3 Å². The lowest BCUT2D eigenvalue weighted by Crippen LogP contribution is -2.56. The molecule has 23 heavy (non-hydrogen) atoms. The summed E-state index contributed by atoms with van der Waals surface area (Å²) in [5, 5.41) is 0. The lowest BCUT2D eigenvalue weighted by Gasteiger charge is -2.42. The second kappa shape index (κ2) is 7.27. The van der Waals surface area contributed by atoms with Crippen LogP contribution in [0.2, 0.25) is 0 Å². The molecule has 1 aliphatic heterocycles. The zero-order chi connectivity index (χ0) is 17.0. The predicted octanol–water partition coefficient (Wildman–Crippen LogP) is 2.17. The van der Waals surface area contributed by atoms with Gasteiger partial charge in [0.05, 0.1) is 18.3 Å². The number of nitrogens with zero attached hydrogens (tertiary/aromatic N) is 1. The Kier molecular flexibility index (Phi) is 5.59. The van der Waals surface area contributed by atoms with Crippen LogP contribution >= 0.6 is 0 Å². The minimum atomic E-state index is -0.469. The SMILES string of the molecule is COCC1CN(C(=O)COc2cc(C)ccc2F)CC(C)(C)O1. The fraction of sp³-hybridized carbons (Fsp3) is 0.588. The molecule has 0 N–H and O–H groups in total. The highest BCUT2D eigenvalue weighted by Gasteiger charge is 2.35. The number of ether oxygens (including phenoxy) is 3. The summed E-state index contributed by atoms with van der Waals surface area (Å²) in [5.74, 6) is -0.564. The average molecular weight is 325 g/mol. The summed E-state index contributed by atoms with van der Waals surface area (Å²) in [4.78, 5) is 14.1. The summed E-state index contributed by atoms with van der Waals surface area (Å²) in [6, 6.07) is 4.57. The van der Waals surface area contributed by atoms with Crippen LogP contribution in [0, 0.1) is 12.7 Å². The van der Waals surface area contributed by atoms with E-state index in [0.29, 0.717) is 19.7 Å². The number of methoxy groups -OCH3 is 1. The van der Waals surface area contributed by atoms with Crippen molar-refractivity contribution >= 4 is 5.91 Å². The van der Waals surface area contributed by atoms with Crippen molar-refractivity contribution in [3.05, 3.63) is 29.6 Å². The summed E-state index contributed by atoms with van der Waals surface area (Å²) in [6.45, 7) is 6.82. The number of halogens is 1. The minimum absolute atomic E-state index is 0.0966. The summed E-state index contributed by atoms with van der Waals surface area (Å²) < 4.78 is 30.0. The van der Waals surface area contributed by atoms with Gasteiger partial charge in [0.2, 0.25) is 0 Å². The predicted molar refractivity (Wildman–Crippen MR) is 84.0 cm³/mol. The van der Waals surface area contributed by atoms with E-state index in [1.165, 1.54) is 6.07 Å². The minimum Gasteiger partial charge on any atom is -0.481 e. The van der Waals surface area contributed by atoms with Gasteiger partial charge in [0.1, 0.15) is 0 Å². The molecule has 6 heteroatoms. The second-order valence-electron chi connectivity index (χ2n) is 6.45. The van der Waals surface area contributed by atoms with Gasteiger partial charge in [-0.2, -0.15) is 0 Å². The number of carbonyl (C=O) groups excluding carboxylic acids is 1. The molecule has 0 aliphatic carbocycles. The van der Waals surface area contributed by atoms with Crippen LogP contribution in [0.15, 0.2) is 18.2 Å². The molecule has 128 valence electrons. The third kappa shape index (κ3) is 4.91. The molecule has 1 aliphatic rings. The number of amides is 1. The molecule has 0 saturated carbocycles. The molecule has 0 aromatic heterocycles. The summed E-state index contributed by atoms with van der Waals surface area (Å²) in [7, 11) is 1.60. The van der Waals surface area contributed by atoms with Crippen molar-refractivity contribution in [2.24, 2.45) is 0 Å². The molecule has 1 saturated heterocycles. The fourth-order valence-electron chi connectivity index (χ4n) is 2.71. The van der Waals surface area contributed by atoms with Gasteiger partial charge < -0.3 is 19.1 Å². The Bertz CT molecular complexity index is 562. The highest BCUT2D eigenvalue weighted by atomic mass is 19.1. The van der Waals surface area contributed by atoms with Gasteiger partial charge in [-0.1, -0.05) is 6.07 Å². The zero-order valence-electron chi connectivity index (χ0n) is 14.1. The van der Waals surface area contributed by atoms with Gasteiger partial charge in [0, 0.05) is 20.2 Å². The van der Waals surface area contributed by atoms with E-state index in [4.69, 9.17) is 14.2 Å². The Morgan fingerprint density at radius 1 is 1.48 bits per heavy atom. The van der Waals surface area contributed by atoms with Gasteiger partial charge in [-0.05, 0) is 38.5 Å². The monoisotopic (exact) mass is 325 g/mol. The molecular weight excluding hydrogens is 301 g/mol. The topological polar surface area (TPSA) is 48.0 Å². The van der Waals surface area contributed by atoms with Crippen molar-refractivity contribution in [1.29, 1.82) is 0 Å². The highest BCUT2D eigenvalue weighted by Crippen LogP contribution is 2.22. The largest absolute Gasteiger partial charge is 0.481 e. The molecule has 1 fully saturated rings. The van der Waals surface area contributed by atoms with E-state index in [1.54, 1.807) is 24.1 Å².